The Balaban J connectivity index is 1.98. The van der Waals surface area contributed by atoms with E-state index in [1.165, 1.54) is 12.1 Å². The Morgan fingerprint density at radius 2 is 1.74 bits per heavy atom. The van der Waals surface area contributed by atoms with E-state index in [1.54, 1.807) is 19.9 Å². The molecule has 0 aliphatic rings. The second-order valence-corrected chi connectivity index (χ2v) is 5.95. The SMILES string of the molecule is Cc1cc(C(=O)OCC(=O)Nc2c(Cl)cc(Cl)cc2Cl)c(C)o1. The van der Waals surface area contributed by atoms with Crippen LogP contribution in [0.5, 0.6) is 0 Å². The maximum Gasteiger partial charge on any atom is 0.342 e. The van der Waals surface area contributed by atoms with Crippen LogP contribution in [0.25, 0.3) is 0 Å². The molecule has 0 radical (unpaired) electrons. The number of esters is 1. The Labute approximate surface area is 147 Å². The Morgan fingerprint density at radius 3 is 2.26 bits per heavy atom. The van der Waals surface area contributed by atoms with Crippen LogP contribution in [0.1, 0.15) is 21.9 Å². The van der Waals surface area contributed by atoms with Gasteiger partial charge in [0, 0.05) is 5.02 Å². The first-order valence-electron chi connectivity index (χ1n) is 6.46. The molecule has 0 aliphatic carbocycles. The molecule has 0 aliphatic heterocycles. The minimum atomic E-state index is -0.650. The van der Waals surface area contributed by atoms with Gasteiger partial charge in [0.15, 0.2) is 6.61 Å². The van der Waals surface area contributed by atoms with Gasteiger partial charge in [0.05, 0.1) is 15.7 Å². The number of halogens is 3. The lowest BCUT2D eigenvalue weighted by molar-refractivity contribution is -0.119. The number of nitrogens with one attached hydrogen (secondary N) is 1. The van der Waals surface area contributed by atoms with Crippen molar-refractivity contribution in [2.45, 2.75) is 13.8 Å². The van der Waals surface area contributed by atoms with Crippen molar-refractivity contribution in [2.75, 3.05) is 11.9 Å². The lowest BCUT2D eigenvalue weighted by atomic mass is 10.2. The predicted octanol–water partition coefficient (Wildman–Crippen LogP) is 4.65. The van der Waals surface area contributed by atoms with Gasteiger partial charge < -0.3 is 14.5 Å². The number of ether oxygens (including phenoxy) is 1. The van der Waals surface area contributed by atoms with Crippen LogP contribution in [-0.2, 0) is 9.53 Å². The Kier molecular flexibility index (Phi) is 5.57. The van der Waals surface area contributed by atoms with E-state index in [1.807, 2.05) is 0 Å². The maximum absolute atomic E-state index is 11.9. The highest BCUT2D eigenvalue weighted by Crippen LogP contribution is 2.33. The van der Waals surface area contributed by atoms with Gasteiger partial charge >= 0.3 is 5.97 Å². The zero-order chi connectivity index (χ0) is 17.1. The molecule has 122 valence electrons. The summed E-state index contributed by atoms with van der Waals surface area (Å²) < 4.78 is 10.2. The van der Waals surface area contributed by atoms with Gasteiger partial charge in [-0.3, -0.25) is 4.79 Å². The van der Waals surface area contributed by atoms with Crippen molar-refractivity contribution < 1.29 is 18.7 Å². The van der Waals surface area contributed by atoms with E-state index in [0.717, 1.165) is 0 Å². The normalized spacial score (nSPS) is 10.5. The van der Waals surface area contributed by atoms with Crippen molar-refractivity contribution in [3.8, 4) is 0 Å². The number of aryl methyl sites for hydroxylation is 2. The first-order chi connectivity index (χ1) is 10.8. The summed E-state index contributed by atoms with van der Waals surface area (Å²) in [5, 5.41) is 3.18. The molecule has 1 aromatic carbocycles. The maximum atomic E-state index is 11.9. The third-order valence-electron chi connectivity index (χ3n) is 2.87. The highest BCUT2D eigenvalue weighted by Gasteiger charge is 2.17. The summed E-state index contributed by atoms with van der Waals surface area (Å²) in [6.07, 6.45) is 0. The van der Waals surface area contributed by atoms with E-state index >= 15 is 0 Å². The number of rotatable bonds is 4. The molecule has 23 heavy (non-hydrogen) atoms. The second-order valence-electron chi connectivity index (χ2n) is 4.70. The smallest absolute Gasteiger partial charge is 0.342 e. The summed E-state index contributed by atoms with van der Waals surface area (Å²) in [6.45, 7) is 2.86. The van der Waals surface area contributed by atoms with Crippen molar-refractivity contribution in [3.63, 3.8) is 0 Å². The van der Waals surface area contributed by atoms with Crippen LogP contribution in [0.3, 0.4) is 0 Å². The van der Waals surface area contributed by atoms with E-state index in [-0.39, 0.29) is 21.3 Å². The molecule has 0 fully saturated rings. The third kappa shape index (κ3) is 4.41. The highest BCUT2D eigenvalue weighted by molar-refractivity contribution is 6.42. The van der Waals surface area contributed by atoms with Crippen LogP contribution in [0.4, 0.5) is 5.69 Å². The highest BCUT2D eigenvalue weighted by atomic mass is 35.5. The van der Waals surface area contributed by atoms with Crippen LogP contribution in [0.2, 0.25) is 15.1 Å². The molecular weight excluding hydrogens is 365 g/mol. The van der Waals surface area contributed by atoms with Crippen molar-refractivity contribution in [1.82, 2.24) is 0 Å². The summed E-state index contributed by atoms with van der Waals surface area (Å²) in [5.41, 5.74) is 0.479. The van der Waals surface area contributed by atoms with Crippen LogP contribution in [0.15, 0.2) is 22.6 Å². The number of carbonyl (C=O) groups excluding carboxylic acids is 2. The van der Waals surface area contributed by atoms with Crippen molar-refractivity contribution in [2.24, 2.45) is 0 Å². The largest absolute Gasteiger partial charge is 0.466 e. The van der Waals surface area contributed by atoms with E-state index in [9.17, 15) is 9.59 Å². The quantitative estimate of drug-likeness (QED) is 0.788. The molecule has 0 unspecified atom stereocenters. The Bertz CT molecular complexity index is 747. The molecular formula is C15H12Cl3NO4. The minimum absolute atomic E-state index is 0.184. The summed E-state index contributed by atoms with van der Waals surface area (Å²) >= 11 is 17.7. The van der Waals surface area contributed by atoms with Crippen LogP contribution in [-0.4, -0.2) is 18.5 Å². The average Bonchev–Trinajstić information content (AvgIpc) is 2.79. The lowest BCUT2D eigenvalue weighted by Gasteiger charge is -2.10. The molecule has 0 spiro atoms. The molecule has 2 aromatic rings. The summed E-state index contributed by atoms with van der Waals surface area (Å²) in [7, 11) is 0. The van der Waals surface area contributed by atoms with Crippen LogP contribution < -0.4 is 5.32 Å². The van der Waals surface area contributed by atoms with Crippen molar-refractivity contribution in [3.05, 3.63) is 50.4 Å². The first kappa shape index (κ1) is 17.7. The number of anilines is 1. The van der Waals surface area contributed by atoms with Gasteiger partial charge in [-0.15, -0.1) is 0 Å². The van der Waals surface area contributed by atoms with E-state index in [2.05, 4.69) is 5.32 Å². The topological polar surface area (TPSA) is 68.5 Å². The molecule has 8 heteroatoms. The zero-order valence-electron chi connectivity index (χ0n) is 12.2. The van der Waals surface area contributed by atoms with Gasteiger partial charge in [-0.2, -0.15) is 0 Å². The third-order valence-corrected chi connectivity index (χ3v) is 3.68. The molecule has 0 bridgehead atoms. The number of furan rings is 1. The van der Waals surface area contributed by atoms with Gasteiger partial charge in [0.25, 0.3) is 5.91 Å². The summed E-state index contributed by atoms with van der Waals surface area (Å²) in [6, 6.07) is 4.42. The molecule has 5 nitrogen and oxygen atoms in total. The molecule has 1 N–H and O–H groups in total. The van der Waals surface area contributed by atoms with Gasteiger partial charge in [0.1, 0.15) is 17.1 Å². The van der Waals surface area contributed by atoms with Crippen LogP contribution >= 0.6 is 34.8 Å². The summed E-state index contributed by atoms with van der Waals surface area (Å²) in [4.78, 5) is 23.7. The predicted molar refractivity (Wildman–Crippen MR) is 88.6 cm³/mol. The van der Waals surface area contributed by atoms with Gasteiger partial charge in [-0.05, 0) is 32.0 Å². The number of amides is 1. The lowest BCUT2D eigenvalue weighted by Crippen LogP contribution is -2.21. The number of carbonyl (C=O) groups is 2. The van der Waals surface area contributed by atoms with Crippen molar-refractivity contribution in [1.29, 1.82) is 0 Å². The van der Waals surface area contributed by atoms with Crippen LogP contribution in [0, 0.1) is 13.8 Å². The van der Waals surface area contributed by atoms with Gasteiger partial charge in [-0.1, -0.05) is 34.8 Å². The van der Waals surface area contributed by atoms with E-state index in [4.69, 9.17) is 44.0 Å². The first-order valence-corrected chi connectivity index (χ1v) is 7.60. The molecule has 0 atom stereocenters. The summed E-state index contributed by atoms with van der Waals surface area (Å²) in [5.74, 6) is -0.222. The van der Waals surface area contributed by atoms with Gasteiger partial charge in [0.2, 0.25) is 0 Å². The van der Waals surface area contributed by atoms with Crippen molar-refractivity contribution >= 4 is 52.4 Å². The fraction of sp³-hybridized carbons (Fsp3) is 0.200. The molecule has 1 amide bonds. The molecule has 0 saturated heterocycles. The van der Waals surface area contributed by atoms with E-state index < -0.39 is 18.5 Å². The number of benzene rings is 1. The fourth-order valence-electron chi connectivity index (χ4n) is 1.88. The number of hydrogen-bond acceptors (Lipinski definition) is 4. The molecule has 0 saturated carbocycles. The zero-order valence-corrected chi connectivity index (χ0v) is 14.5. The molecule has 1 heterocycles. The standard InChI is InChI=1S/C15H12Cl3NO4/c1-7-3-10(8(2)23-7)15(21)22-6-13(20)19-14-11(17)4-9(16)5-12(14)18/h3-5H,6H2,1-2H3,(H,19,20). The average molecular weight is 377 g/mol. The monoisotopic (exact) mass is 375 g/mol. The van der Waals surface area contributed by atoms with E-state index in [0.29, 0.717) is 16.5 Å². The fourth-order valence-corrected chi connectivity index (χ4v) is 2.79. The second kappa shape index (κ2) is 7.25. The van der Waals surface area contributed by atoms with Gasteiger partial charge in [-0.25, -0.2) is 4.79 Å². The Morgan fingerprint density at radius 1 is 1.13 bits per heavy atom. The molecule has 2 rings (SSSR count). The molecule has 1 aromatic heterocycles. The minimum Gasteiger partial charge on any atom is -0.466 e. The Hall–Kier alpha value is -1.69. The number of hydrogen-bond donors (Lipinski definition) is 1.